The fourth-order valence-electron chi connectivity index (χ4n) is 2.75. The molecule has 2 unspecified atom stereocenters. The van der Waals surface area contributed by atoms with Gasteiger partial charge in [-0.2, -0.15) is 0 Å². The molecule has 0 aliphatic heterocycles. The Hall–Kier alpha value is -2.95. The summed E-state index contributed by atoms with van der Waals surface area (Å²) in [6.07, 6.45) is -1.17. The van der Waals surface area contributed by atoms with Crippen molar-refractivity contribution in [2.45, 2.75) is 37.8 Å². The van der Waals surface area contributed by atoms with Crippen molar-refractivity contribution in [2.24, 2.45) is 0 Å². The van der Waals surface area contributed by atoms with Crippen LogP contribution in [0.15, 0.2) is 53.4 Å². The quantitative estimate of drug-likeness (QED) is 0.432. The van der Waals surface area contributed by atoms with Crippen LogP contribution in [0.5, 0.6) is 0 Å². The number of aryl methyl sites for hydroxylation is 1. The fraction of sp³-hybridized carbons (Fsp3) is 0.333. The van der Waals surface area contributed by atoms with Crippen molar-refractivity contribution in [2.75, 3.05) is 22.7 Å². The van der Waals surface area contributed by atoms with Crippen molar-refractivity contribution >= 4 is 33.3 Å². The average molecular weight is 450 g/mol. The summed E-state index contributed by atoms with van der Waals surface area (Å²) in [4.78, 5) is 22.2. The molecule has 0 aliphatic carbocycles. The molecule has 2 atom stereocenters. The van der Waals surface area contributed by atoms with Crippen LogP contribution >= 0.6 is 0 Å². The van der Waals surface area contributed by atoms with Gasteiger partial charge in [-0.15, -0.1) is 0 Å². The smallest absolute Gasteiger partial charge is 0.320 e. The first kappa shape index (κ1) is 24.3. The van der Waals surface area contributed by atoms with Crippen LogP contribution < -0.4 is 14.9 Å². The molecule has 1 amide bonds. The summed E-state index contributed by atoms with van der Waals surface area (Å²) < 4.78 is 27.7. The lowest BCUT2D eigenvalue weighted by molar-refractivity contribution is -0.139. The normalized spacial score (nSPS) is 13.3. The molecule has 0 saturated carbocycles. The molecule has 10 heteroatoms. The number of aliphatic carboxylic acids is 1. The zero-order valence-electron chi connectivity index (χ0n) is 17.6. The summed E-state index contributed by atoms with van der Waals surface area (Å²) in [5.41, 5.74) is 1.69. The lowest BCUT2D eigenvalue weighted by Gasteiger charge is -2.27. The lowest BCUT2D eigenvalue weighted by atomic mass is 10.2. The molecule has 0 spiro atoms. The molecule has 2 aromatic rings. The molecule has 0 saturated heterocycles. The number of carbonyl (C=O) groups excluding carboxylic acids is 1. The van der Waals surface area contributed by atoms with Crippen molar-refractivity contribution in [1.29, 1.82) is 0 Å². The standard InChI is InChI=1S/C21H27N3O6S/c1-14-4-10-20(11-5-14)31(29,30)24(13-19(26)12-22-15(2)21(27)28)18-8-6-17(7-9-18)23-16(3)25/h4-11,15,19,22,26H,12-13H2,1-3H3,(H,23,25)(H,27,28). The van der Waals surface area contributed by atoms with Crippen LogP contribution in [-0.2, 0) is 19.6 Å². The number of hydrogen-bond donors (Lipinski definition) is 4. The van der Waals surface area contributed by atoms with Gasteiger partial charge in [0, 0.05) is 19.2 Å². The highest BCUT2D eigenvalue weighted by molar-refractivity contribution is 7.92. The number of nitrogens with one attached hydrogen (secondary N) is 2. The number of carboxylic acids is 1. The summed E-state index contributed by atoms with van der Waals surface area (Å²) in [6.45, 7) is 4.22. The fourth-order valence-corrected chi connectivity index (χ4v) is 4.25. The van der Waals surface area contributed by atoms with Gasteiger partial charge in [-0.05, 0) is 50.2 Å². The van der Waals surface area contributed by atoms with Gasteiger partial charge in [-0.3, -0.25) is 13.9 Å². The van der Waals surface area contributed by atoms with Crippen LogP contribution in [-0.4, -0.2) is 55.7 Å². The van der Waals surface area contributed by atoms with Crippen LogP contribution in [0.2, 0.25) is 0 Å². The van der Waals surface area contributed by atoms with Crippen molar-refractivity contribution in [1.82, 2.24) is 5.32 Å². The van der Waals surface area contributed by atoms with E-state index in [0.717, 1.165) is 9.87 Å². The van der Waals surface area contributed by atoms with Crippen LogP contribution in [0.25, 0.3) is 0 Å². The van der Waals surface area contributed by atoms with Gasteiger partial charge in [-0.1, -0.05) is 17.7 Å². The average Bonchev–Trinajstić information content (AvgIpc) is 2.70. The molecule has 0 aliphatic rings. The van der Waals surface area contributed by atoms with Crippen molar-refractivity contribution in [3.05, 3.63) is 54.1 Å². The number of aliphatic hydroxyl groups is 1. The number of nitrogens with zero attached hydrogens (tertiary/aromatic N) is 1. The van der Waals surface area contributed by atoms with Gasteiger partial charge < -0.3 is 20.8 Å². The molecule has 168 valence electrons. The van der Waals surface area contributed by atoms with Gasteiger partial charge in [0.25, 0.3) is 10.0 Å². The number of aliphatic hydroxyl groups excluding tert-OH is 1. The summed E-state index contributed by atoms with van der Waals surface area (Å²) in [5.74, 6) is -1.34. The Kier molecular flexibility index (Phi) is 8.14. The van der Waals surface area contributed by atoms with Crippen LogP contribution in [0.4, 0.5) is 11.4 Å². The molecule has 0 radical (unpaired) electrons. The molecular weight excluding hydrogens is 422 g/mol. The van der Waals surface area contributed by atoms with E-state index in [1.54, 1.807) is 24.3 Å². The Balaban J connectivity index is 2.33. The number of hydrogen-bond acceptors (Lipinski definition) is 6. The van der Waals surface area contributed by atoms with E-state index in [1.807, 2.05) is 6.92 Å². The molecule has 0 aromatic heterocycles. The van der Waals surface area contributed by atoms with E-state index in [1.165, 1.54) is 38.1 Å². The SMILES string of the molecule is CC(=O)Nc1ccc(N(CC(O)CNC(C)C(=O)O)S(=O)(=O)c2ccc(C)cc2)cc1. The van der Waals surface area contributed by atoms with Crippen molar-refractivity contribution < 1.29 is 28.2 Å². The summed E-state index contributed by atoms with van der Waals surface area (Å²) in [7, 11) is -4.01. The van der Waals surface area contributed by atoms with E-state index < -0.39 is 28.1 Å². The molecule has 0 heterocycles. The summed E-state index contributed by atoms with van der Waals surface area (Å²) in [5, 5.41) is 24.6. The third kappa shape index (κ3) is 6.78. The number of carboxylic acid groups (broad SMARTS) is 1. The Morgan fingerprint density at radius 2 is 1.65 bits per heavy atom. The van der Waals surface area contributed by atoms with E-state index in [9.17, 15) is 23.1 Å². The predicted octanol–water partition coefficient (Wildman–Crippen LogP) is 1.57. The number of sulfonamides is 1. The van der Waals surface area contributed by atoms with E-state index in [4.69, 9.17) is 5.11 Å². The monoisotopic (exact) mass is 449 g/mol. The molecule has 31 heavy (non-hydrogen) atoms. The summed E-state index contributed by atoms with van der Waals surface area (Å²) >= 11 is 0. The number of rotatable bonds is 10. The van der Waals surface area contributed by atoms with Crippen LogP contribution in [0.3, 0.4) is 0 Å². The number of amides is 1. The lowest BCUT2D eigenvalue weighted by Crippen LogP contribution is -2.45. The Labute approximate surface area is 181 Å². The Morgan fingerprint density at radius 3 is 2.16 bits per heavy atom. The zero-order chi connectivity index (χ0) is 23.2. The third-order valence-corrected chi connectivity index (χ3v) is 6.30. The Morgan fingerprint density at radius 1 is 1.06 bits per heavy atom. The van der Waals surface area contributed by atoms with Crippen molar-refractivity contribution in [3.63, 3.8) is 0 Å². The molecule has 2 aromatic carbocycles. The molecular formula is C21H27N3O6S. The van der Waals surface area contributed by atoms with Gasteiger partial charge in [0.05, 0.1) is 23.2 Å². The van der Waals surface area contributed by atoms with E-state index >= 15 is 0 Å². The highest BCUT2D eigenvalue weighted by Crippen LogP contribution is 2.26. The minimum absolute atomic E-state index is 0.0584. The van der Waals surface area contributed by atoms with E-state index in [0.29, 0.717) is 11.4 Å². The number of anilines is 2. The summed E-state index contributed by atoms with van der Waals surface area (Å²) in [6, 6.07) is 11.6. The minimum Gasteiger partial charge on any atom is -0.480 e. The van der Waals surface area contributed by atoms with Crippen molar-refractivity contribution in [3.8, 4) is 0 Å². The zero-order valence-corrected chi connectivity index (χ0v) is 18.4. The molecule has 4 N–H and O–H groups in total. The van der Waals surface area contributed by atoms with E-state index in [-0.39, 0.29) is 23.9 Å². The second-order valence-electron chi connectivity index (χ2n) is 7.20. The topological polar surface area (TPSA) is 136 Å². The van der Waals surface area contributed by atoms with Gasteiger partial charge in [0.2, 0.25) is 5.91 Å². The minimum atomic E-state index is -4.01. The van der Waals surface area contributed by atoms with Gasteiger partial charge in [0.15, 0.2) is 0 Å². The molecule has 0 fully saturated rings. The number of benzene rings is 2. The molecule has 2 rings (SSSR count). The first-order valence-electron chi connectivity index (χ1n) is 9.62. The van der Waals surface area contributed by atoms with Gasteiger partial charge >= 0.3 is 5.97 Å². The first-order chi connectivity index (χ1) is 14.5. The predicted molar refractivity (Wildman–Crippen MR) is 118 cm³/mol. The largest absolute Gasteiger partial charge is 0.480 e. The third-order valence-electron chi connectivity index (χ3n) is 4.49. The second kappa shape index (κ2) is 10.4. The highest BCUT2D eigenvalue weighted by atomic mass is 32.2. The molecule has 9 nitrogen and oxygen atoms in total. The van der Waals surface area contributed by atoms with Crippen LogP contribution in [0.1, 0.15) is 19.4 Å². The second-order valence-corrected chi connectivity index (χ2v) is 9.06. The van der Waals surface area contributed by atoms with Gasteiger partial charge in [-0.25, -0.2) is 8.42 Å². The maximum absolute atomic E-state index is 13.3. The van der Waals surface area contributed by atoms with Gasteiger partial charge in [0.1, 0.15) is 6.04 Å². The first-order valence-corrected chi connectivity index (χ1v) is 11.1. The van der Waals surface area contributed by atoms with E-state index in [2.05, 4.69) is 10.6 Å². The number of carbonyl (C=O) groups is 2. The molecule has 0 bridgehead atoms. The maximum Gasteiger partial charge on any atom is 0.320 e. The van der Waals surface area contributed by atoms with Crippen LogP contribution in [0, 0.1) is 6.92 Å². The maximum atomic E-state index is 13.3. The Bertz CT molecular complexity index is 1010. The highest BCUT2D eigenvalue weighted by Gasteiger charge is 2.27.